The minimum absolute atomic E-state index is 0.0581. The van der Waals surface area contributed by atoms with Crippen molar-refractivity contribution in [2.45, 2.75) is 13.8 Å². The Hall–Kier alpha value is -4.31. The van der Waals surface area contributed by atoms with Crippen molar-refractivity contribution in [2.75, 3.05) is 12.4 Å². The fourth-order valence-corrected chi connectivity index (χ4v) is 3.26. The van der Waals surface area contributed by atoms with Gasteiger partial charge in [0.1, 0.15) is 17.4 Å². The summed E-state index contributed by atoms with van der Waals surface area (Å²) in [5.41, 5.74) is 3.99. The van der Waals surface area contributed by atoms with Gasteiger partial charge in [0.15, 0.2) is 0 Å². The number of nitrogens with one attached hydrogen (secondary N) is 1. The average Bonchev–Trinajstić information content (AvgIpc) is 3.05. The highest BCUT2D eigenvalue weighted by Crippen LogP contribution is 2.24. The van der Waals surface area contributed by atoms with E-state index in [9.17, 15) is 14.9 Å². The van der Waals surface area contributed by atoms with E-state index >= 15 is 0 Å². The van der Waals surface area contributed by atoms with E-state index in [1.165, 1.54) is 24.3 Å². The molecule has 156 valence electrons. The number of carbonyl (C=O) groups excluding carboxylic acids is 1. The fraction of sp³-hybridized carbons (Fsp3) is 0.125. The van der Waals surface area contributed by atoms with Crippen LogP contribution in [-0.4, -0.2) is 28.7 Å². The van der Waals surface area contributed by atoms with E-state index in [2.05, 4.69) is 5.32 Å². The molecule has 0 bridgehead atoms. The molecule has 1 amide bonds. The number of hydrogen-bond donors (Lipinski definition) is 2. The lowest BCUT2D eigenvalue weighted by molar-refractivity contribution is -0.112. The quantitative estimate of drug-likeness (QED) is 0.460. The van der Waals surface area contributed by atoms with Gasteiger partial charge in [-0.05, 0) is 80.1 Å². The van der Waals surface area contributed by atoms with Gasteiger partial charge in [0, 0.05) is 22.8 Å². The highest BCUT2D eigenvalue weighted by Gasteiger charge is 2.14. The predicted octanol–water partition coefficient (Wildman–Crippen LogP) is 4.35. The van der Waals surface area contributed by atoms with E-state index in [1.807, 2.05) is 54.8 Å². The highest BCUT2D eigenvalue weighted by molar-refractivity contribution is 6.09. The number of nitriles is 1. The molecule has 2 aromatic carbocycles. The zero-order valence-corrected chi connectivity index (χ0v) is 17.3. The molecule has 2 N–H and O–H groups in total. The first-order chi connectivity index (χ1) is 14.8. The smallest absolute Gasteiger partial charge is 0.335 e. The molecule has 0 spiro atoms. The minimum atomic E-state index is -1.05. The molecule has 1 heterocycles. The van der Waals surface area contributed by atoms with E-state index in [4.69, 9.17) is 9.84 Å². The molecule has 0 atom stereocenters. The van der Waals surface area contributed by atoms with Crippen LogP contribution >= 0.6 is 0 Å². The molecule has 7 heteroatoms. The Morgan fingerprint density at radius 3 is 2.29 bits per heavy atom. The first-order valence-corrected chi connectivity index (χ1v) is 9.44. The summed E-state index contributed by atoms with van der Waals surface area (Å²) in [5, 5.41) is 21.1. The number of nitrogens with zero attached hydrogens (tertiary/aromatic N) is 2. The second-order valence-corrected chi connectivity index (χ2v) is 6.87. The lowest BCUT2D eigenvalue weighted by Crippen LogP contribution is -2.13. The van der Waals surface area contributed by atoms with Crippen LogP contribution in [0.15, 0.2) is 60.2 Å². The second kappa shape index (κ2) is 9.01. The first-order valence-electron chi connectivity index (χ1n) is 9.44. The molecule has 1 aromatic heterocycles. The number of aromatic carboxylic acids is 1. The van der Waals surface area contributed by atoms with Crippen LogP contribution in [0.4, 0.5) is 5.69 Å². The van der Waals surface area contributed by atoms with Gasteiger partial charge in [-0.15, -0.1) is 0 Å². The zero-order valence-electron chi connectivity index (χ0n) is 17.3. The van der Waals surface area contributed by atoms with Crippen LogP contribution < -0.4 is 10.1 Å². The van der Waals surface area contributed by atoms with Gasteiger partial charge in [-0.25, -0.2) is 4.79 Å². The normalized spacial score (nSPS) is 11.0. The number of aromatic nitrogens is 1. The molecule has 7 nitrogen and oxygen atoms in total. The second-order valence-electron chi connectivity index (χ2n) is 6.87. The van der Waals surface area contributed by atoms with Gasteiger partial charge >= 0.3 is 5.97 Å². The first kappa shape index (κ1) is 21.4. The summed E-state index contributed by atoms with van der Waals surface area (Å²) < 4.78 is 7.23. The molecule has 3 aromatic rings. The number of methoxy groups -OCH3 is 1. The van der Waals surface area contributed by atoms with Crippen LogP contribution in [0.3, 0.4) is 0 Å². The van der Waals surface area contributed by atoms with Gasteiger partial charge in [-0.3, -0.25) is 4.79 Å². The maximum atomic E-state index is 12.6. The number of rotatable bonds is 6. The fourth-order valence-electron chi connectivity index (χ4n) is 3.26. The van der Waals surface area contributed by atoms with Crippen molar-refractivity contribution in [2.24, 2.45) is 0 Å². The largest absolute Gasteiger partial charge is 0.497 e. The monoisotopic (exact) mass is 415 g/mol. The van der Waals surface area contributed by atoms with Crippen molar-refractivity contribution in [1.82, 2.24) is 4.57 Å². The summed E-state index contributed by atoms with van der Waals surface area (Å²) in [7, 11) is 1.61. The van der Waals surface area contributed by atoms with E-state index in [1.54, 1.807) is 13.2 Å². The third-order valence-electron chi connectivity index (χ3n) is 4.86. The Morgan fingerprint density at radius 1 is 1.10 bits per heavy atom. The molecular weight excluding hydrogens is 394 g/mol. The van der Waals surface area contributed by atoms with Gasteiger partial charge in [-0.2, -0.15) is 5.26 Å². The van der Waals surface area contributed by atoms with Crippen molar-refractivity contribution < 1.29 is 19.4 Å². The molecule has 0 aliphatic heterocycles. The number of benzene rings is 2. The number of amides is 1. The molecule has 0 radical (unpaired) electrons. The number of anilines is 1. The SMILES string of the molecule is COc1ccc(-n2c(C)cc(C=C(C#N)C(=O)Nc3ccc(C(=O)O)cc3)c2C)cc1. The summed E-state index contributed by atoms with van der Waals surface area (Å²) >= 11 is 0. The van der Waals surface area contributed by atoms with Crippen LogP contribution in [0.2, 0.25) is 0 Å². The van der Waals surface area contributed by atoms with Gasteiger partial charge in [0.2, 0.25) is 0 Å². The van der Waals surface area contributed by atoms with Gasteiger partial charge in [0.25, 0.3) is 5.91 Å². The maximum Gasteiger partial charge on any atom is 0.335 e. The Morgan fingerprint density at radius 2 is 1.74 bits per heavy atom. The third kappa shape index (κ3) is 4.65. The Kier molecular flexibility index (Phi) is 6.22. The molecule has 0 aliphatic rings. The minimum Gasteiger partial charge on any atom is -0.497 e. The lowest BCUT2D eigenvalue weighted by Gasteiger charge is -2.10. The summed E-state index contributed by atoms with van der Waals surface area (Å²) in [4.78, 5) is 23.5. The highest BCUT2D eigenvalue weighted by atomic mass is 16.5. The topological polar surface area (TPSA) is 104 Å². The van der Waals surface area contributed by atoms with Gasteiger partial charge in [0.05, 0.1) is 12.7 Å². The molecular formula is C24H21N3O4. The summed E-state index contributed by atoms with van der Waals surface area (Å²) in [6.07, 6.45) is 1.54. The molecule has 0 unspecified atom stereocenters. The summed E-state index contributed by atoms with van der Waals surface area (Å²) in [5.74, 6) is -0.867. The van der Waals surface area contributed by atoms with Crippen LogP contribution in [0.5, 0.6) is 5.75 Å². The zero-order chi connectivity index (χ0) is 22.5. The number of carbonyl (C=O) groups is 2. The van der Waals surface area contributed by atoms with E-state index in [0.29, 0.717) is 5.69 Å². The Bertz CT molecular complexity index is 1200. The van der Waals surface area contributed by atoms with Crippen LogP contribution in [0, 0.1) is 25.2 Å². The van der Waals surface area contributed by atoms with Crippen molar-refractivity contribution >= 4 is 23.6 Å². The van der Waals surface area contributed by atoms with Gasteiger partial charge < -0.3 is 19.7 Å². The van der Waals surface area contributed by atoms with Gasteiger partial charge in [-0.1, -0.05) is 0 Å². The number of ether oxygens (including phenoxy) is 1. The number of carboxylic acid groups (broad SMARTS) is 1. The van der Waals surface area contributed by atoms with Crippen molar-refractivity contribution in [3.8, 4) is 17.5 Å². The van der Waals surface area contributed by atoms with Crippen molar-refractivity contribution in [3.63, 3.8) is 0 Å². The van der Waals surface area contributed by atoms with Crippen LogP contribution in [0.1, 0.15) is 27.3 Å². The average molecular weight is 415 g/mol. The molecule has 0 aliphatic carbocycles. The Balaban J connectivity index is 1.87. The third-order valence-corrected chi connectivity index (χ3v) is 4.86. The number of hydrogen-bond acceptors (Lipinski definition) is 4. The number of aryl methyl sites for hydroxylation is 1. The van der Waals surface area contributed by atoms with Crippen LogP contribution in [-0.2, 0) is 4.79 Å². The molecule has 0 saturated carbocycles. The van der Waals surface area contributed by atoms with Crippen LogP contribution in [0.25, 0.3) is 11.8 Å². The standard InChI is InChI=1S/C24H21N3O4/c1-15-12-18(16(2)27(15)21-8-10-22(31-3)11-9-21)13-19(14-25)23(28)26-20-6-4-17(5-7-20)24(29)30/h4-13H,1-3H3,(H,26,28)(H,29,30). The molecule has 0 fully saturated rings. The maximum absolute atomic E-state index is 12.6. The van der Waals surface area contributed by atoms with E-state index < -0.39 is 11.9 Å². The van der Waals surface area contributed by atoms with E-state index in [0.717, 1.165) is 28.4 Å². The predicted molar refractivity (Wildman–Crippen MR) is 117 cm³/mol. The van der Waals surface area contributed by atoms with E-state index in [-0.39, 0.29) is 11.1 Å². The molecule has 3 rings (SSSR count). The Labute approximate surface area is 179 Å². The van der Waals surface area contributed by atoms with Crippen molar-refractivity contribution in [1.29, 1.82) is 5.26 Å². The summed E-state index contributed by atoms with van der Waals surface area (Å²) in [6.45, 7) is 3.87. The summed E-state index contributed by atoms with van der Waals surface area (Å²) in [6, 6.07) is 17.2. The molecule has 0 saturated heterocycles. The van der Waals surface area contributed by atoms with Crippen molar-refractivity contribution in [3.05, 3.63) is 82.7 Å². The lowest BCUT2D eigenvalue weighted by atomic mass is 10.1. The number of carboxylic acids is 1. The molecule has 31 heavy (non-hydrogen) atoms.